The zero-order valence-electron chi connectivity index (χ0n) is 12.7. The molecule has 0 spiro atoms. The lowest BCUT2D eigenvalue weighted by molar-refractivity contribution is 1.46. The van der Waals surface area contributed by atoms with E-state index >= 15 is 0 Å². The second kappa shape index (κ2) is 9.21. The second-order valence-electron chi connectivity index (χ2n) is 4.43. The number of rotatable bonds is 3. The first-order chi connectivity index (χ1) is 10.9. The number of hydrogen-bond donors (Lipinski definition) is 3. The molecule has 0 bridgehead atoms. The van der Waals surface area contributed by atoms with E-state index in [0.29, 0.717) is 20.6 Å². The number of nitriles is 1. The average molecular weight is 367 g/mol. The van der Waals surface area contributed by atoms with Crippen molar-refractivity contribution in [2.45, 2.75) is 0 Å². The van der Waals surface area contributed by atoms with Crippen LogP contribution in [0.4, 0.5) is 11.4 Å². The molecule has 0 aliphatic carbocycles. The highest BCUT2D eigenvalue weighted by molar-refractivity contribution is 7.80. The topological polar surface area (TPSA) is 73.9 Å². The minimum Gasteiger partial charge on any atom is -0.389 e. The van der Waals surface area contributed by atoms with E-state index in [-0.39, 0.29) is 0 Å². The van der Waals surface area contributed by atoms with Crippen LogP contribution in [0, 0.1) is 11.3 Å². The molecular formula is C16H16Cl2N4S. The van der Waals surface area contributed by atoms with Gasteiger partial charge in [-0.2, -0.15) is 5.26 Å². The summed E-state index contributed by atoms with van der Waals surface area (Å²) in [4.78, 5) is 0.356. The third-order valence-electron chi connectivity index (χ3n) is 2.79. The van der Waals surface area contributed by atoms with E-state index in [9.17, 15) is 0 Å². The lowest BCUT2D eigenvalue weighted by atomic mass is 10.2. The summed E-state index contributed by atoms with van der Waals surface area (Å²) in [5.41, 5.74) is 8.57. The molecule has 2 aromatic carbocycles. The van der Waals surface area contributed by atoms with Gasteiger partial charge >= 0.3 is 0 Å². The van der Waals surface area contributed by atoms with Crippen LogP contribution in [0.25, 0.3) is 0 Å². The number of anilines is 2. The number of thiocarbonyl (C=S) groups is 1. The molecule has 0 aliphatic rings. The van der Waals surface area contributed by atoms with Gasteiger partial charge in [-0.05, 0) is 36.4 Å². The summed E-state index contributed by atoms with van der Waals surface area (Å²) in [7, 11) is 3.60. The fourth-order valence-corrected chi connectivity index (χ4v) is 2.26. The molecule has 2 rings (SSSR count). The number of nitrogens with one attached hydrogen (secondary N) is 2. The van der Waals surface area contributed by atoms with Crippen molar-refractivity contribution in [1.82, 2.24) is 0 Å². The van der Waals surface area contributed by atoms with Crippen molar-refractivity contribution in [2.24, 2.45) is 5.73 Å². The van der Waals surface area contributed by atoms with Crippen molar-refractivity contribution in [3.8, 4) is 6.07 Å². The van der Waals surface area contributed by atoms with Gasteiger partial charge in [0.15, 0.2) is 0 Å². The Bertz CT molecular complexity index is 741. The third-order valence-corrected chi connectivity index (χ3v) is 3.46. The molecule has 0 aromatic heterocycles. The summed E-state index contributed by atoms with van der Waals surface area (Å²) in [6.45, 7) is 0. The predicted molar refractivity (Wildman–Crippen MR) is 103 cm³/mol. The Morgan fingerprint density at radius 1 is 1.00 bits per heavy atom. The number of nitrogens with zero attached hydrogens (tertiary/aromatic N) is 1. The van der Waals surface area contributed by atoms with Crippen LogP contribution in [0.5, 0.6) is 0 Å². The molecule has 0 saturated heterocycles. The average Bonchev–Trinajstić information content (AvgIpc) is 2.54. The summed E-state index contributed by atoms with van der Waals surface area (Å²) < 4.78 is 0. The Kier molecular flexibility index (Phi) is 7.63. The van der Waals surface area contributed by atoms with Crippen LogP contribution < -0.4 is 16.4 Å². The zero-order valence-corrected chi connectivity index (χ0v) is 15.0. The van der Waals surface area contributed by atoms with Crippen LogP contribution in [0.3, 0.4) is 0 Å². The first-order valence-electron chi connectivity index (χ1n) is 6.56. The fraction of sp³-hybridized carbons (Fsp3) is 0.125. The van der Waals surface area contributed by atoms with E-state index in [1.165, 1.54) is 0 Å². The molecule has 4 nitrogen and oxygen atoms in total. The third kappa shape index (κ3) is 6.33. The fourth-order valence-electron chi connectivity index (χ4n) is 1.67. The molecule has 0 fully saturated rings. The van der Waals surface area contributed by atoms with Crippen LogP contribution in [0.1, 0.15) is 11.1 Å². The van der Waals surface area contributed by atoms with Gasteiger partial charge in [-0.1, -0.05) is 35.4 Å². The zero-order chi connectivity index (χ0) is 17.4. The summed E-state index contributed by atoms with van der Waals surface area (Å²) in [6, 6.07) is 12.6. The van der Waals surface area contributed by atoms with E-state index in [1.807, 2.05) is 25.2 Å². The van der Waals surface area contributed by atoms with Crippen LogP contribution >= 0.6 is 35.4 Å². The molecule has 4 N–H and O–H groups in total. The molecule has 0 unspecified atom stereocenters. The van der Waals surface area contributed by atoms with Gasteiger partial charge in [0, 0.05) is 41.1 Å². The molecule has 23 heavy (non-hydrogen) atoms. The highest BCUT2D eigenvalue weighted by Gasteiger charge is 2.00. The lowest BCUT2D eigenvalue weighted by Crippen LogP contribution is -2.09. The lowest BCUT2D eigenvalue weighted by Gasteiger charge is -2.04. The molecule has 0 saturated carbocycles. The van der Waals surface area contributed by atoms with Crippen molar-refractivity contribution in [2.75, 3.05) is 24.7 Å². The Hall–Kier alpha value is -2.00. The molecule has 0 radical (unpaired) electrons. The second-order valence-corrected chi connectivity index (χ2v) is 5.75. The summed E-state index contributed by atoms with van der Waals surface area (Å²) >= 11 is 16.4. The predicted octanol–water partition coefficient (Wildman–Crippen LogP) is 4.27. The van der Waals surface area contributed by atoms with Gasteiger partial charge < -0.3 is 16.4 Å². The highest BCUT2D eigenvalue weighted by atomic mass is 35.5. The van der Waals surface area contributed by atoms with Gasteiger partial charge in [-0.3, -0.25) is 0 Å². The number of benzene rings is 2. The minimum absolute atomic E-state index is 0.356. The summed E-state index contributed by atoms with van der Waals surface area (Å²) in [5.74, 6) is 0. The molecule has 7 heteroatoms. The smallest absolute Gasteiger partial charge is 0.104 e. The number of hydrogen-bond acceptors (Lipinski definition) is 4. The molecular weight excluding hydrogens is 351 g/mol. The van der Waals surface area contributed by atoms with Gasteiger partial charge in [0.25, 0.3) is 0 Å². The van der Waals surface area contributed by atoms with Crippen molar-refractivity contribution in [3.63, 3.8) is 0 Å². The van der Waals surface area contributed by atoms with Crippen LogP contribution in [0.15, 0.2) is 36.4 Å². The van der Waals surface area contributed by atoms with Gasteiger partial charge in [0.05, 0.1) is 11.6 Å². The largest absolute Gasteiger partial charge is 0.389 e. The Labute approximate surface area is 151 Å². The Balaban J connectivity index is 0.000000231. The SMILES string of the molecule is CNc1cc(Cl)cc(C#N)c1.CNc1cc(Cl)cc(C(N)=S)c1. The number of nitrogens with two attached hydrogens (primary N) is 1. The maximum atomic E-state index is 8.55. The Morgan fingerprint density at radius 2 is 1.52 bits per heavy atom. The molecule has 2 aromatic rings. The molecule has 0 atom stereocenters. The van der Waals surface area contributed by atoms with Crippen molar-refractivity contribution >= 4 is 51.8 Å². The molecule has 0 heterocycles. The van der Waals surface area contributed by atoms with Crippen LogP contribution in [-0.2, 0) is 0 Å². The summed E-state index contributed by atoms with van der Waals surface area (Å²) in [5, 5.41) is 15.6. The van der Waals surface area contributed by atoms with Gasteiger partial charge in [0.1, 0.15) is 4.99 Å². The Morgan fingerprint density at radius 3 is 2.00 bits per heavy atom. The molecule has 0 aliphatic heterocycles. The van der Waals surface area contributed by atoms with Gasteiger partial charge in [0.2, 0.25) is 0 Å². The van der Waals surface area contributed by atoms with Crippen molar-refractivity contribution in [1.29, 1.82) is 5.26 Å². The maximum absolute atomic E-state index is 8.55. The van der Waals surface area contributed by atoms with E-state index in [1.54, 1.807) is 31.3 Å². The van der Waals surface area contributed by atoms with E-state index in [0.717, 1.165) is 16.9 Å². The van der Waals surface area contributed by atoms with Crippen molar-refractivity contribution in [3.05, 3.63) is 57.6 Å². The first-order valence-corrected chi connectivity index (χ1v) is 7.72. The normalized spacial score (nSPS) is 9.17. The quantitative estimate of drug-likeness (QED) is 0.707. The standard InChI is InChI=1S/C8H9ClN2S.C8H7ClN2/c1-11-7-3-5(8(10)12)2-6(9)4-7;1-11-8-3-6(5-10)2-7(9)4-8/h2-4,11H,1H3,(H2,10,12);2-4,11H,1H3. The molecule has 120 valence electrons. The highest BCUT2D eigenvalue weighted by Crippen LogP contribution is 2.18. The first kappa shape index (κ1) is 19.0. The van der Waals surface area contributed by atoms with E-state index in [2.05, 4.69) is 10.6 Å². The van der Waals surface area contributed by atoms with E-state index < -0.39 is 0 Å². The number of halogens is 2. The van der Waals surface area contributed by atoms with Crippen LogP contribution in [0.2, 0.25) is 10.0 Å². The molecule has 0 amide bonds. The van der Waals surface area contributed by atoms with Gasteiger partial charge in [-0.25, -0.2) is 0 Å². The summed E-state index contributed by atoms with van der Waals surface area (Å²) in [6.07, 6.45) is 0. The minimum atomic E-state index is 0.356. The van der Waals surface area contributed by atoms with Gasteiger partial charge in [-0.15, -0.1) is 0 Å². The van der Waals surface area contributed by atoms with E-state index in [4.69, 9.17) is 46.4 Å². The van der Waals surface area contributed by atoms with Crippen molar-refractivity contribution < 1.29 is 0 Å². The maximum Gasteiger partial charge on any atom is 0.104 e. The monoisotopic (exact) mass is 366 g/mol. The van der Waals surface area contributed by atoms with Crippen LogP contribution in [-0.4, -0.2) is 19.1 Å².